The van der Waals surface area contributed by atoms with E-state index in [1.807, 2.05) is 30.0 Å². The van der Waals surface area contributed by atoms with Gasteiger partial charge in [-0.15, -0.1) is 12.4 Å². The molecule has 1 aliphatic rings. The number of hydrogen-bond donors (Lipinski definition) is 0. The molecule has 284 valence electrons. The average molecular weight is 778 g/mol. The first-order chi connectivity index (χ1) is 26.2. The summed E-state index contributed by atoms with van der Waals surface area (Å²) in [5, 5.41) is 9.38. The highest BCUT2D eigenvalue weighted by Gasteiger charge is 2.20. The summed E-state index contributed by atoms with van der Waals surface area (Å²) in [4.78, 5) is 21.7. The zero-order valence-corrected chi connectivity index (χ0v) is 33.0. The van der Waals surface area contributed by atoms with Gasteiger partial charge < -0.3 is 19.1 Å². The van der Waals surface area contributed by atoms with Gasteiger partial charge in [0.25, 0.3) is 0 Å². The molecule has 0 N–H and O–H groups in total. The number of aryl methyl sites for hydroxylation is 1. The maximum absolute atomic E-state index is 13.1. The van der Waals surface area contributed by atoms with E-state index in [4.69, 9.17) is 31.1 Å². The Kier molecular flexibility index (Phi) is 14.7. The Hall–Kier alpha value is -5.33. The number of carbonyl (C=O) groups is 1. The molecule has 10 heteroatoms. The minimum atomic E-state index is -0.0168. The first kappa shape index (κ1) is 40.8. The van der Waals surface area contributed by atoms with Crippen molar-refractivity contribution in [3.05, 3.63) is 153 Å². The third kappa shape index (κ3) is 11.8. The van der Waals surface area contributed by atoms with Crippen LogP contribution in [0.4, 0.5) is 0 Å². The molecule has 1 aliphatic heterocycles. The van der Waals surface area contributed by atoms with Crippen LogP contribution in [0, 0.1) is 18.3 Å². The molecule has 0 spiro atoms. The van der Waals surface area contributed by atoms with Crippen LogP contribution in [0.3, 0.4) is 0 Å². The number of nitrogens with zero attached hydrogens (tertiary/aromatic N) is 4. The van der Waals surface area contributed by atoms with Crippen LogP contribution in [0.15, 0.2) is 109 Å². The molecule has 0 atom stereocenters. The second kappa shape index (κ2) is 19.8. The minimum Gasteiger partial charge on any atom is -0.493 e. The highest BCUT2D eigenvalue weighted by atomic mass is 35.5. The number of halogens is 2. The number of nitriles is 1. The van der Waals surface area contributed by atoms with Gasteiger partial charge in [0, 0.05) is 51.3 Å². The maximum Gasteiger partial charge on any atom is 0.246 e. The van der Waals surface area contributed by atoms with Crippen LogP contribution in [0.25, 0.3) is 6.08 Å². The van der Waals surface area contributed by atoms with Gasteiger partial charge in [0.2, 0.25) is 11.8 Å². The quantitative estimate of drug-likeness (QED) is 0.104. The molecule has 2 heterocycles. The molecule has 5 aromatic rings. The molecule has 0 bridgehead atoms. The summed E-state index contributed by atoms with van der Waals surface area (Å²) >= 11 is 6.63. The summed E-state index contributed by atoms with van der Waals surface area (Å²) < 4.78 is 17.8. The van der Waals surface area contributed by atoms with Crippen LogP contribution in [0.1, 0.15) is 58.7 Å². The third-order valence-corrected chi connectivity index (χ3v) is 9.67. The zero-order valence-electron chi connectivity index (χ0n) is 31.4. The number of pyridine rings is 1. The minimum absolute atomic E-state index is 0. The topological polar surface area (TPSA) is 87.9 Å². The first-order valence-corrected chi connectivity index (χ1v) is 18.7. The average Bonchev–Trinajstić information content (AvgIpc) is 3.19. The summed E-state index contributed by atoms with van der Waals surface area (Å²) in [6.45, 7) is 11.1. The van der Waals surface area contributed by atoms with E-state index >= 15 is 0 Å². The number of carbonyl (C=O) groups excluding carboxylic acids is 1. The van der Waals surface area contributed by atoms with Gasteiger partial charge in [0.05, 0.1) is 29.5 Å². The third-order valence-electron chi connectivity index (χ3n) is 9.39. The zero-order chi connectivity index (χ0) is 37.9. The van der Waals surface area contributed by atoms with Crippen LogP contribution in [-0.2, 0) is 24.4 Å². The fourth-order valence-electron chi connectivity index (χ4n) is 6.15. The normalized spacial score (nSPS) is 13.0. The van der Waals surface area contributed by atoms with E-state index in [0.29, 0.717) is 60.2 Å². The Bertz CT molecular complexity index is 2050. The van der Waals surface area contributed by atoms with Crippen molar-refractivity contribution in [2.45, 2.75) is 46.3 Å². The van der Waals surface area contributed by atoms with Gasteiger partial charge in [0.15, 0.2) is 5.75 Å². The van der Waals surface area contributed by atoms with Crippen molar-refractivity contribution < 1.29 is 19.0 Å². The van der Waals surface area contributed by atoms with Gasteiger partial charge >= 0.3 is 0 Å². The lowest BCUT2D eigenvalue weighted by atomic mass is 10.0. The van der Waals surface area contributed by atoms with Gasteiger partial charge in [0.1, 0.15) is 18.1 Å². The van der Waals surface area contributed by atoms with E-state index in [1.165, 1.54) is 16.7 Å². The summed E-state index contributed by atoms with van der Waals surface area (Å²) in [7, 11) is 0. The van der Waals surface area contributed by atoms with Crippen molar-refractivity contribution in [1.29, 1.82) is 5.26 Å². The molecule has 4 aromatic carbocycles. The van der Waals surface area contributed by atoms with Crippen molar-refractivity contribution in [2.75, 3.05) is 32.8 Å². The monoisotopic (exact) mass is 776 g/mol. The predicted molar refractivity (Wildman–Crippen MR) is 220 cm³/mol. The Labute approximate surface area is 335 Å². The molecular weight excluding hydrogens is 731 g/mol. The number of benzene rings is 4. The second-order valence-corrected chi connectivity index (χ2v) is 14.2. The summed E-state index contributed by atoms with van der Waals surface area (Å²) in [6, 6.07) is 33.7. The highest BCUT2D eigenvalue weighted by molar-refractivity contribution is 6.32. The van der Waals surface area contributed by atoms with Gasteiger partial charge in [-0.05, 0) is 94.8 Å². The number of aromatic nitrogens is 1. The number of rotatable bonds is 14. The summed E-state index contributed by atoms with van der Waals surface area (Å²) in [5.74, 6) is 2.88. The molecule has 1 amide bonds. The van der Waals surface area contributed by atoms with Crippen LogP contribution < -0.4 is 14.2 Å². The lowest BCUT2D eigenvalue weighted by Gasteiger charge is -2.34. The van der Waals surface area contributed by atoms with Crippen LogP contribution >= 0.6 is 24.0 Å². The lowest BCUT2D eigenvalue weighted by Crippen LogP contribution is -2.47. The van der Waals surface area contributed by atoms with Crippen LogP contribution in [0.5, 0.6) is 23.1 Å². The lowest BCUT2D eigenvalue weighted by molar-refractivity contribution is -0.127. The highest BCUT2D eigenvalue weighted by Crippen LogP contribution is 2.34. The van der Waals surface area contributed by atoms with Crippen LogP contribution in [0.2, 0.25) is 5.02 Å². The van der Waals surface area contributed by atoms with Crippen molar-refractivity contribution in [3.63, 3.8) is 0 Å². The van der Waals surface area contributed by atoms with Gasteiger partial charge in [-0.25, -0.2) is 4.98 Å². The Morgan fingerprint density at radius 1 is 0.873 bits per heavy atom. The predicted octanol–water partition coefficient (Wildman–Crippen LogP) is 9.81. The number of hydrogen-bond acceptors (Lipinski definition) is 7. The van der Waals surface area contributed by atoms with Crippen molar-refractivity contribution in [2.24, 2.45) is 0 Å². The van der Waals surface area contributed by atoms with Gasteiger partial charge in [-0.2, -0.15) is 5.26 Å². The molecule has 6 rings (SSSR count). The summed E-state index contributed by atoms with van der Waals surface area (Å²) in [6.07, 6.45) is 5.86. The smallest absolute Gasteiger partial charge is 0.246 e. The SMILES string of the molecule is Cc1cc(C=CC(=O)N2CCN(Cc3ccc(CCOc4ccc(C(C)C)cc4)cc3)CC2)cc(Cl)c1Oc1ccc(OCc2ccc(C#N)cc2)cn1.Cl. The largest absolute Gasteiger partial charge is 0.493 e. The maximum atomic E-state index is 13.1. The fraction of sp³-hybridized carbons (Fsp3) is 0.267. The molecule has 1 aromatic heterocycles. The summed E-state index contributed by atoms with van der Waals surface area (Å²) in [5.41, 5.74) is 7.02. The molecule has 0 saturated carbocycles. The molecule has 55 heavy (non-hydrogen) atoms. The van der Waals surface area contributed by atoms with E-state index in [2.05, 4.69) is 78.3 Å². The van der Waals surface area contributed by atoms with E-state index in [-0.39, 0.29) is 18.3 Å². The molecular formula is C45H46Cl2N4O4. The van der Waals surface area contributed by atoms with Crippen molar-refractivity contribution in [1.82, 2.24) is 14.8 Å². The second-order valence-electron chi connectivity index (χ2n) is 13.8. The van der Waals surface area contributed by atoms with Crippen molar-refractivity contribution >= 4 is 36.0 Å². The number of ether oxygens (including phenoxy) is 3. The van der Waals surface area contributed by atoms with E-state index in [0.717, 1.165) is 48.5 Å². The number of piperazine rings is 1. The van der Waals surface area contributed by atoms with Crippen molar-refractivity contribution in [3.8, 4) is 29.2 Å². The Balaban J connectivity index is 0.00000580. The molecule has 1 fully saturated rings. The number of amides is 1. The van der Waals surface area contributed by atoms with Gasteiger partial charge in [-0.3, -0.25) is 9.69 Å². The molecule has 8 nitrogen and oxygen atoms in total. The molecule has 0 unspecified atom stereocenters. The first-order valence-electron chi connectivity index (χ1n) is 18.3. The van der Waals surface area contributed by atoms with E-state index in [1.54, 1.807) is 48.7 Å². The molecule has 0 radical (unpaired) electrons. The molecule has 0 aliphatic carbocycles. The molecule has 1 saturated heterocycles. The van der Waals surface area contributed by atoms with E-state index < -0.39 is 0 Å². The standard InChI is InChI=1S/C45H45ClN4O4.ClH/c1-32(2)39-13-15-40(16-14-39)52-25-20-34-4-8-36(9-5-34)30-49-21-23-50(24-22-49)44(51)19-12-38-26-33(3)45(42(46)27-38)54-43-18-17-41(29-48-43)53-31-37-10-6-35(28-47)7-11-37;/h4-19,26-27,29,32H,20-25,30-31H2,1-3H3;1H. The van der Waals surface area contributed by atoms with Gasteiger partial charge in [-0.1, -0.05) is 74.0 Å². The van der Waals surface area contributed by atoms with E-state index in [9.17, 15) is 4.79 Å². The van der Waals surface area contributed by atoms with Crippen LogP contribution in [-0.4, -0.2) is 53.5 Å². The fourth-order valence-corrected chi connectivity index (χ4v) is 6.46. The Morgan fingerprint density at radius 2 is 1.55 bits per heavy atom. The Morgan fingerprint density at radius 3 is 2.18 bits per heavy atom.